The molecule has 0 aliphatic rings. The molecule has 0 bridgehead atoms. The number of carbonyl (C=O) groups excluding carboxylic acids is 1. The Labute approximate surface area is 143 Å². The van der Waals surface area contributed by atoms with Crippen molar-refractivity contribution >= 4 is 17.5 Å². The lowest BCUT2D eigenvalue weighted by Gasteiger charge is -2.14. The van der Waals surface area contributed by atoms with Crippen molar-refractivity contribution < 1.29 is 9.90 Å². The summed E-state index contributed by atoms with van der Waals surface area (Å²) >= 11 is 6.04. The Morgan fingerprint density at radius 2 is 2.12 bits per heavy atom. The summed E-state index contributed by atoms with van der Waals surface area (Å²) in [6, 6.07) is 10.2. The second kappa shape index (κ2) is 7.25. The lowest BCUT2D eigenvalue weighted by Crippen LogP contribution is -2.28. The quantitative estimate of drug-likeness (QED) is 0.746. The molecule has 0 spiro atoms. The molecule has 0 aliphatic carbocycles. The van der Waals surface area contributed by atoms with Gasteiger partial charge in [-0.2, -0.15) is 0 Å². The van der Waals surface area contributed by atoms with Gasteiger partial charge in [0.2, 0.25) is 0 Å². The van der Waals surface area contributed by atoms with Crippen LogP contribution in [0.15, 0.2) is 61.3 Å². The van der Waals surface area contributed by atoms with E-state index in [0.717, 1.165) is 0 Å². The van der Waals surface area contributed by atoms with Gasteiger partial charge in [-0.1, -0.05) is 29.8 Å². The molecular formula is C17H15ClN4O2. The number of imidazole rings is 1. The van der Waals surface area contributed by atoms with Gasteiger partial charge in [0.05, 0.1) is 6.10 Å². The summed E-state index contributed by atoms with van der Waals surface area (Å²) in [5.74, 6) is 0.289. The fraction of sp³-hybridized carbons (Fsp3) is 0.118. The zero-order chi connectivity index (χ0) is 16.9. The molecule has 7 heteroatoms. The van der Waals surface area contributed by atoms with Crippen LogP contribution in [-0.4, -0.2) is 32.1 Å². The predicted molar refractivity (Wildman–Crippen MR) is 90.1 cm³/mol. The van der Waals surface area contributed by atoms with E-state index in [2.05, 4.69) is 15.3 Å². The number of halogens is 1. The molecule has 1 unspecified atom stereocenters. The highest BCUT2D eigenvalue weighted by Gasteiger charge is 2.14. The van der Waals surface area contributed by atoms with Crippen LogP contribution < -0.4 is 5.32 Å². The van der Waals surface area contributed by atoms with E-state index in [1.165, 1.54) is 0 Å². The number of benzene rings is 1. The number of nitrogens with one attached hydrogen (secondary N) is 1. The van der Waals surface area contributed by atoms with Crippen LogP contribution in [-0.2, 0) is 0 Å². The van der Waals surface area contributed by atoms with E-state index in [-0.39, 0.29) is 12.5 Å². The summed E-state index contributed by atoms with van der Waals surface area (Å²) in [5.41, 5.74) is 1.02. The number of amides is 1. The summed E-state index contributed by atoms with van der Waals surface area (Å²) in [6.45, 7) is 0.0608. The van der Waals surface area contributed by atoms with Crippen LogP contribution in [0.2, 0.25) is 5.02 Å². The zero-order valence-electron chi connectivity index (χ0n) is 12.6. The van der Waals surface area contributed by atoms with Gasteiger partial charge >= 0.3 is 0 Å². The number of pyridine rings is 1. The summed E-state index contributed by atoms with van der Waals surface area (Å²) in [6.07, 6.45) is 5.65. The lowest BCUT2D eigenvalue weighted by atomic mass is 10.1. The molecule has 0 saturated carbocycles. The molecule has 3 aromatic rings. The van der Waals surface area contributed by atoms with Crippen molar-refractivity contribution in [2.75, 3.05) is 6.54 Å². The summed E-state index contributed by atoms with van der Waals surface area (Å²) in [4.78, 5) is 20.4. The number of nitrogens with zero attached hydrogens (tertiary/aromatic N) is 3. The number of carbonyl (C=O) groups is 1. The van der Waals surface area contributed by atoms with Gasteiger partial charge in [0, 0.05) is 41.3 Å². The molecule has 0 saturated heterocycles. The maximum atomic E-state index is 12.3. The van der Waals surface area contributed by atoms with Gasteiger partial charge in [-0.3, -0.25) is 9.36 Å². The molecule has 122 valence electrons. The van der Waals surface area contributed by atoms with Gasteiger partial charge in [0.1, 0.15) is 12.1 Å². The van der Waals surface area contributed by atoms with E-state index in [9.17, 15) is 9.90 Å². The van der Waals surface area contributed by atoms with E-state index < -0.39 is 6.10 Å². The Bertz CT molecular complexity index is 836. The minimum absolute atomic E-state index is 0.0608. The Hall–Kier alpha value is -2.70. The molecule has 1 aromatic carbocycles. The van der Waals surface area contributed by atoms with Gasteiger partial charge in [-0.05, 0) is 18.2 Å². The molecule has 0 radical (unpaired) electrons. The standard InChI is InChI=1S/C17H15ClN4O2/c18-14-4-2-1-3-13(14)15(23)10-21-17(24)12-5-6-20-16(9-12)22-8-7-19-11-22/h1-9,11,15,23H,10H2,(H,21,24). The van der Waals surface area contributed by atoms with E-state index in [4.69, 9.17) is 11.6 Å². The number of rotatable bonds is 5. The first kappa shape index (κ1) is 16.2. The van der Waals surface area contributed by atoms with Gasteiger partial charge in [0.25, 0.3) is 5.91 Å². The fourth-order valence-electron chi connectivity index (χ4n) is 2.24. The van der Waals surface area contributed by atoms with Crippen LogP contribution >= 0.6 is 11.6 Å². The van der Waals surface area contributed by atoms with Crippen LogP contribution in [0.5, 0.6) is 0 Å². The van der Waals surface area contributed by atoms with Gasteiger partial charge < -0.3 is 10.4 Å². The number of hydrogen-bond donors (Lipinski definition) is 2. The predicted octanol–water partition coefficient (Wildman–Crippen LogP) is 2.38. The van der Waals surface area contributed by atoms with Crippen molar-refractivity contribution in [1.82, 2.24) is 19.9 Å². The molecule has 0 aliphatic heterocycles. The zero-order valence-corrected chi connectivity index (χ0v) is 13.4. The maximum Gasteiger partial charge on any atom is 0.251 e. The average molecular weight is 343 g/mol. The van der Waals surface area contributed by atoms with Crippen LogP contribution in [0.4, 0.5) is 0 Å². The normalized spacial score (nSPS) is 11.9. The first-order valence-electron chi connectivity index (χ1n) is 7.30. The number of aliphatic hydroxyl groups is 1. The summed E-state index contributed by atoms with van der Waals surface area (Å²) in [5, 5.41) is 13.3. The Morgan fingerprint density at radius 1 is 1.29 bits per heavy atom. The molecule has 24 heavy (non-hydrogen) atoms. The highest BCUT2D eigenvalue weighted by Crippen LogP contribution is 2.21. The van der Waals surface area contributed by atoms with E-state index in [1.54, 1.807) is 65.9 Å². The fourth-order valence-corrected chi connectivity index (χ4v) is 2.50. The van der Waals surface area contributed by atoms with Crippen molar-refractivity contribution in [1.29, 1.82) is 0 Å². The SMILES string of the molecule is O=C(NCC(O)c1ccccc1Cl)c1ccnc(-n2ccnc2)c1. The smallest absolute Gasteiger partial charge is 0.251 e. The molecule has 2 N–H and O–H groups in total. The topological polar surface area (TPSA) is 80.0 Å². The van der Waals surface area contributed by atoms with Gasteiger partial charge in [0.15, 0.2) is 0 Å². The highest BCUT2D eigenvalue weighted by molar-refractivity contribution is 6.31. The second-order valence-electron chi connectivity index (χ2n) is 5.12. The average Bonchev–Trinajstić information content (AvgIpc) is 3.14. The van der Waals surface area contributed by atoms with Crippen LogP contribution in [0, 0.1) is 0 Å². The molecule has 0 fully saturated rings. The number of aliphatic hydroxyl groups excluding tert-OH is 1. The molecule has 1 amide bonds. The molecule has 2 aromatic heterocycles. The first-order valence-corrected chi connectivity index (χ1v) is 7.68. The maximum absolute atomic E-state index is 12.3. The van der Waals surface area contributed by atoms with E-state index in [0.29, 0.717) is 22.0 Å². The third-order valence-electron chi connectivity index (χ3n) is 3.50. The van der Waals surface area contributed by atoms with Crippen molar-refractivity contribution in [2.45, 2.75) is 6.10 Å². The minimum atomic E-state index is -0.877. The molecule has 6 nitrogen and oxygen atoms in total. The van der Waals surface area contributed by atoms with Crippen LogP contribution in [0.25, 0.3) is 5.82 Å². The summed E-state index contributed by atoms with van der Waals surface area (Å²) in [7, 11) is 0. The Kier molecular flexibility index (Phi) is 4.88. The molecule has 2 heterocycles. The van der Waals surface area contributed by atoms with Crippen molar-refractivity contribution in [3.63, 3.8) is 0 Å². The molecular weight excluding hydrogens is 328 g/mol. The number of hydrogen-bond acceptors (Lipinski definition) is 4. The second-order valence-corrected chi connectivity index (χ2v) is 5.53. The molecule has 3 rings (SSSR count). The van der Waals surface area contributed by atoms with Crippen molar-refractivity contribution in [3.8, 4) is 5.82 Å². The van der Waals surface area contributed by atoms with Crippen LogP contribution in [0.1, 0.15) is 22.0 Å². The Balaban J connectivity index is 1.67. The van der Waals surface area contributed by atoms with Gasteiger partial charge in [-0.25, -0.2) is 9.97 Å². The van der Waals surface area contributed by atoms with Gasteiger partial charge in [-0.15, -0.1) is 0 Å². The van der Waals surface area contributed by atoms with E-state index in [1.807, 2.05) is 0 Å². The minimum Gasteiger partial charge on any atom is -0.387 e. The largest absolute Gasteiger partial charge is 0.387 e. The summed E-state index contributed by atoms with van der Waals surface area (Å²) < 4.78 is 1.70. The lowest BCUT2D eigenvalue weighted by molar-refractivity contribution is 0.0916. The third-order valence-corrected chi connectivity index (χ3v) is 3.84. The highest BCUT2D eigenvalue weighted by atomic mass is 35.5. The van der Waals surface area contributed by atoms with Crippen LogP contribution in [0.3, 0.4) is 0 Å². The van der Waals surface area contributed by atoms with Crippen molar-refractivity contribution in [2.24, 2.45) is 0 Å². The molecule has 1 atom stereocenters. The Morgan fingerprint density at radius 3 is 2.88 bits per heavy atom. The monoisotopic (exact) mass is 342 g/mol. The van der Waals surface area contributed by atoms with E-state index >= 15 is 0 Å². The first-order chi connectivity index (χ1) is 11.6. The third kappa shape index (κ3) is 3.61. The number of aromatic nitrogens is 3. The van der Waals surface area contributed by atoms with Crippen molar-refractivity contribution in [3.05, 3.63) is 77.5 Å².